The molecule has 0 saturated heterocycles. The Morgan fingerprint density at radius 3 is 2.43 bits per heavy atom. The van der Waals surface area contributed by atoms with E-state index in [0.29, 0.717) is 0 Å². The van der Waals surface area contributed by atoms with Gasteiger partial charge in [0.2, 0.25) is 0 Å². The first-order valence-electron chi connectivity index (χ1n) is 8.47. The van der Waals surface area contributed by atoms with Gasteiger partial charge < -0.3 is 10.5 Å². The molecule has 0 bridgehead atoms. The summed E-state index contributed by atoms with van der Waals surface area (Å²) in [5.41, 5.74) is 7.61. The van der Waals surface area contributed by atoms with Crippen molar-refractivity contribution in [3.8, 4) is 5.75 Å². The summed E-state index contributed by atoms with van der Waals surface area (Å²) in [5, 5.41) is 0. The minimum Gasteiger partial charge on any atom is -0.494 e. The average Bonchev–Trinajstić information content (AvgIpc) is 3.05. The molecule has 1 aromatic carbocycles. The van der Waals surface area contributed by atoms with Crippen LogP contribution in [0.2, 0.25) is 0 Å². The summed E-state index contributed by atoms with van der Waals surface area (Å²) in [4.78, 5) is 2.55. The van der Waals surface area contributed by atoms with Gasteiger partial charge in [0.05, 0.1) is 6.61 Å². The Labute approximate surface area is 129 Å². The summed E-state index contributed by atoms with van der Waals surface area (Å²) in [5.74, 6) is 0.941. The zero-order chi connectivity index (χ0) is 15.1. The lowest BCUT2D eigenvalue weighted by molar-refractivity contribution is 0.197. The minimum absolute atomic E-state index is 0.0887. The second-order valence-corrected chi connectivity index (χ2v) is 6.05. The van der Waals surface area contributed by atoms with Gasteiger partial charge >= 0.3 is 0 Å². The molecule has 2 N–H and O–H groups in total. The SMILES string of the molecule is CCCOc1ccc(C(N)CN(CC)C2CCCC2)cc1. The lowest BCUT2D eigenvalue weighted by Gasteiger charge is -2.30. The van der Waals surface area contributed by atoms with Crippen LogP contribution in [0.15, 0.2) is 24.3 Å². The van der Waals surface area contributed by atoms with Crippen LogP contribution < -0.4 is 10.5 Å². The van der Waals surface area contributed by atoms with Crippen molar-refractivity contribution in [1.29, 1.82) is 0 Å². The molecule has 0 spiro atoms. The van der Waals surface area contributed by atoms with Crippen LogP contribution in [-0.2, 0) is 0 Å². The molecule has 1 unspecified atom stereocenters. The topological polar surface area (TPSA) is 38.5 Å². The van der Waals surface area contributed by atoms with E-state index < -0.39 is 0 Å². The second-order valence-electron chi connectivity index (χ2n) is 6.05. The van der Waals surface area contributed by atoms with Gasteiger partial charge in [-0.2, -0.15) is 0 Å². The van der Waals surface area contributed by atoms with Crippen molar-refractivity contribution >= 4 is 0 Å². The fraction of sp³-hybridized carbons (Fsp3) is 0.667. The molecule has 3 nitrogen and oxygen atoms in total. The van der Waals surface area contributed by atoms with Crippen LogP contribution in [0, 0.1) is 0 Å². The van der Waals surface area contributed by atoms with E-state index in [2.05, 4.69) is 30.9 Å². The van der Waals surface area contributed by atoms with E-state index in [0.717, 1.165) is 37.9 Å². The fourth-order valence-corrected chi connectivity index (χ4v) is 3.19. The maximum Gasteiger partial charge on any atom is 0.119 e. The third kappa shape index (κ3) is 4.72. The highest BCUT2D eigenvalue weighted by atomic mass is 16.5. The highest BCUT2D eigenvalue weighted by Crippen LogP contribution is 2.25. The Kier molecular flexibility index (Phi) is 6.52. The van der Waals surface area contributed by atoms with Gasteiger partial charge in [-0.3, -0.25) is 4.90 Å². The van der Waals surface area contributed by atoms with E-state index in [9.17, 15) is 0 Å². The quantitative estimate of drug-likeness (QED) is 0.792. The first kappa shape index (κ1) is 16.3. The van der Waals surface area contributed by atoms with E-state index in [-0.39, 0.29) is 6.04 Å². The van der Waals surface area contributed by atoms with Crippen molar-refractivity contribution in [2.75, 3.05) is 19.7 Å². The van der Waals surface area contributed by atoms with Crippen molar-refractivity contribution in [3.63, 3.8) is 0 Å². The molecule has 118 valence electrons. The van der Waals surface area contributed by atoms with E-state index in [1.807, 2.05) is 12.1 Å². The number of nitrogens with zero attached hydrogens (tertiary/aromatic N) is 1. The first-order valence-corrected chi connectivity index (χ1v) is 8.47. The number of likely N-dealkylation sites (N-methyl/N-ethyl adjacent to an activating group) is 1. The molecule has 2 rings (SSSR count). The Hall–Kier alpha value is -1.06. The highest BCUT2D eigenvalue weighted by Gasteiger charge is 2.23. The third-order valence-corrected chi connectivity index (χ3v) is 4.46. The van der Waals surface area contributed by atoms with Crippen LogP contribution >= 0.6 is 0 Å². The minimum atomic E-state index is 0.0887. The van der Waals surface area contributed by atoms with Gasteiger partial charge in [0.1, 0.15) is 5.75 Å². The smallest absolute Gasteiger partial charge is 0.119 e. The highest BCUT2D eigenvalue weighted by molar-refractivity contribution is 5.29. The largest absolute Gasteiger partial charge is 0.494 e. The van der Waals surface area contributed by atoms with Gasteiger partial charge in [-0.15, -0.1) is 0 Å². The summed E-state index contributed by atoms with van der Waals surface area (Å²) in [6.07, 6.45) is 6.46. The van der Waals surface area contributed by atoms with E-state index in [4.69, 9.17) is 10.5 Å². The van der Waals surface area contributed by atoms with E-state index >= 15 is 0 Å². The first-order chi connectivity index (χ1) is 10.2. The van der Waals surface area contributed by atoms with Crippen LogP contribution in [0.4, 0.5) is 0 Å². The van der Waals surface area contributed by atoms with Crippen molar-refractivity contribution in [1.82, 2.24) is 4.90 Å². The van der Waals surface area contributed by atoms with Crippen molar-refractivity contribution in [2.45, 2.75) is 58.0 Å². The molecule has 1 aliphatic rings. The number of rotatable bonds is 8. The van der Waals surface area contributed by atoms with E-state index in [1.165, 1.54) is 31.2 Å². The standard InChI is InChI=1S/C18H30N2O/c1-3-13-21-17-11-9-15(10-12-17)18(19)14-20(4-2)16-7-5-6-8-16/h9-12,16,18H,3-8,13-14,19H2,1-2H3. The third-order valence-electron chi connectivity index (χ3n) is 4.46. The van der Waals surface area contributed by atoms with Gasteiger partial charge in [-0.05, 0) is 43.5 Å². The molecule has 1 aromatic rings. The zero-order valence-corrected chi connectivity index (χ0v) is 13.6. The molecule has 1 saturated carbocycles. The molecule has 0 amide bonds. The average molecular weight is 290 g/mol. The maximum atomic E-state index is 6.41. The van der Waals surface area contributed by atoms with Gasteiger partial charge in [0, 0.05) is 18.6 Å². The Morgan fingerprint density at radius 2 is 1.86 bits per heavy atom. The van der Waals surface area contributed by atoms with Crippen LogP contribution in [0.5, 0.6) is 5.75 Å². The molecule has 1 aliphatic carbocycles. The van der Waals surface area contributed by atoms with Gasteiger partial charge in [0.15, 0.2) is 0 Å². The summed E-state index contributed by atoms with van der Waals surface area (Å²) >= 11 is 0. The number of benzene rings is 1. The number of nitrogens with two attached hydrogens (primary N) is 1. The van der Waals surface area contributed by atoms with Crippen LogP contribution in [0.25, 0.3) is 0 Å². The van der Waals surface area contributed by atoms with Crippen LogP contribution in [-0.4, -0.2) is 30.6 Å². The van der Waals surface area contributed by atoms with Crippen LogP contribution in [0.1, 0.15) is 57.6 Å². The molecule has 0 radical (unpaired) electrons. The lowest BCUT2D eigenvalue weighted by Crippen LogP contribution is -2.38. The molecule has 0 aromatic heterocycles. The van der Waals surface area contributed by atoms with Gasteiger partial charge in [-0.25, -0.2) is 0 Å². The zero-order valence-electron chi connectivity index (χ0n) is 13.6. The monoisotopic (exact) mass is 290 g/mol. The summed E-state index contributed by atoms with van der Waals surface area (Å²) in [6, 6.07) is 9.13. The molecule has 1 atom stereocenters. The van der Waals surface area contributed by atoms with Crippen molar-refractivity contribution in [2.24, 2.45) is 5.73 Å². The fourth-order valence-electron chi connectivity index (χ4n) is 3.19. The van der Waals surface area contributed by atoms with Crippen LogP contribution in [0.3, 0.4) is 0 Å². The van der Waals surface area contributed by atoms with Gasteiger partial charge in [-0.1, -0.05) is 38.8 Å². The second kappa shape index (κ2) is 8.40. The van der Waals surface area contributed by atoms with Crippen molar-refractivity contribution < 1.29 is 4.74 Å². The lowest BCUT2D eigenvalue weighted by atomic mass is 10.1. The normalized spacial score (nSPS) is 17.3. The molecule has 1 fully saturated rings. The number of hydrogen-bond donors (Lipinski definition) is 1. The maximum absolute atomic E-state index is 6.41. The summed E-state index contributed by atoms with van der Waals surface area (Å²) < 4.78 is 5.62. The van der Waals surface area contributed by atoms with Gasteiger partial charge in [0.25, 0.3) is 0 Å². The number of ether oxygens (including phenoxy) is 1. The Bertz CT molecular complexity index is 398. The Balaban J connectivity index is 1.90. The Morgan fingerprint density at radius 1 is 1.19 bits per heavy atom. The molecular formula is C18H30N2O. The summed E-state index contributed by atoms with van der Waals surface area (Å²) in [7, 11) is 0. The predicted octanol–water partition coefficient (Wildman–Crippen LogP) is 3.74. The summed E-state index contributed by atoms with van der Waals surface area (Å²) in [6.45, 7) is 7.18. The molecular weight excluding hydrogens is 260 g/mol. The van der Waals surface area contributed by atoms with Crippen molar-refractivity contribution in [3.05, 3.63) is 29.8 Å². The molecule has 0 aliphatic heterocycles. The molecule has 3 heteroatoms. The van der Waals surface area contributed by atoms with E-state index in [1.54, 1.807) is 0 Å². The molecule has 21 heavy (non-hydrogen) atoms. The predicted molar refractivity (Wildman–Crippen MR) is 88.7 cm³/mol. The molecule has 0 heterocycles. The number of hydrogen-bond acceptors (Lipinski definition) is 3.